The number of nitrogens with zero attached hydrogens (tertiary/aromatic N) is 2. The van der Waals surface area contributed by atoms with E-state index in [2.05, 4.69) is 15.6 Å². The van der Waals surface area contributed by atoms with Gasteiger partial charge in [-0.05, 0) is 59.4 Å². The van der Waals surface area contributed by atoms with Crippen LogP contribution in [0.4, 0.5) is 4.79 Å². The van der Waals surface area contributed by atoms with Gasteiger partial charge in [0.1, 0.15) is 0 Å². The molecule has 0 aliphatic carbocycles. The number of nitrogens with one attached hydrogen (secondary N) is 2. The fraction of sp³-hybridized carbons (Fsp3) is 0.222. The zero-order valence-corrected chi connectivity index (χ0v) is 20.5. The van der Waals surface area contributed by atoms with E-state index in [9.17, 15) is 9.59 Å². The van der Waals surface area contributed by atoms with Gasteiger partial charge in [-0.25, -0.2) is 9.79 Å². The molecule has 7 nitrogen and oxygen atoms in total. The molecule has 0 bridgehead atoms. The molecule has 180 valence electrons. The molecule has 0 radical (unpaired) electrons. The molecule has 1 unspecified atom stereocenters. The molecule has 3 aromatic carbocycles. The van der Waals surface area contributed by atoms with E-state index in [0.717, 1.165) is 28.7 Å². The Hall–Kier alpha value is -3.84. The lowest BCUT2D eigenvalue weighted by atomic mass is 9.89. The monoisotopic (exact) mass is 489 g/mol. The first kappa shape index (κ1) is 24.3. The molecule has 0 saturated heterocycles. The Morgan fingerprint density at radius 3 is 2.54 bits per heavy atom. The smallest absolute Gasteiger partial charge is 0.315 e. The number of aliphatic imine (C=N–C) groups is 1. The second-order valence-electron chi connectivity index (χ2n) is 8.63. The van der Waals surface area contributed by atoms with E-state index in [4.69, 9.17) is 17.3 Å². The molecule has 0 saturated carbocycles. The minimum Gasteiger partial charge on any atom is -0.369 e. The summed E-state index contributed by atoms with van der Waals surface area (Å²) in [5, 5.41) is 6.39. The van der Waals surface area contributed by atoms with Crippen LogP contribution in [-0.4, -0.2) is 36.4 Å². The summed E-state index contributed by atoms with van der Waals surface area (Å²) < 4.78 is 0. The van der Waals surface area contributed by atoms with Gasteiger partial charge < -0.3 is 16.4 Å². The molecule has 0 spiro atoms. The Kier molecular flexibility index (Phi) is 7.07. The van der Waals surface area contributed by atoms with Gasteiger partial charge in [0.25, 0.3) is 5.91 Å². The fourth-order valence-corrected chi connectivity index (χ4v) is 4.31. The van der Waals surface area contributed by atoms with Gasteiger partial charge in [-0.15, -0.1) is 0 Å². The Bertz CT molecular complexity index is 1280. The van der Waals surface area contributed by atoms with Crippen molar-refractivity contribution in [3.8, 4) is 11.1 Å². The zero-order valence-electron chi connectivity index (χ0n) is 19.7. The highest BCUT2D eigenvalue weighted by molar-refractivity contribution is 6.30. The average Bonchev–Trinajstić information content (AvgIpc) is 3.07. The summed E-state index contributed by atoms with van der Waals surface area (Å²) in [4.78, 5) is 31.0. The van der Waals surface area contributed by atoms with Crippen molar-refractivity contribution in [3.05, 3.63) is 94.5 Å². The number of carbonyl (C=O) groups excluding carboxylic acids is 2. The summed E-state index contributed by atoms with van der Waals surface area (Å²) in [6, 6.07) is 22.9. The van der Waals surface area contributed by atoms with Crippen molar-refractivity contribution < 1.29 is 9.59 Å². The number of hydrogen-bond donors (Lipinski definition) is 3. The first-order chi connectivity index (χ1) is 16.8. The Labute approximate surface area is 210 Å². The van der Waals surface area contributed by atoms with E-state index in [1.807, 2.05) is 66.7 Å². The summed E-state index contributed by atoms with van der Waals surface area (Å²) in [6.45, 7) is 2.61. The maximum absolute atomic E-state index is 12.8. The number of carbonyl (C=O) groups is 2. The van der Waals surface area contributed by atoms with Crippen LogP contribution in [-0.2, 0) is 23.3 Å². The third-order valence-electron chi connectivity index (χ3n) is 6.19. The number of hydrogen-bond acceptors (Lipinski definition) is 4. The van der Waals surface area contributed by atoms with E-state index < -0.39 is 5.54 Å². The second kappa shape index (κ2) is 10.2. The van der Waals surface area contributed by atoms with Crippen molar-refractivity contribution in [2.45, 2.75) is 25.4 Å². The lowest BCUT2D eigenvalue weighted by Crippen LogP contribution is -2.38. The van der Waals surface area contributed by atoms with Crippen LogP contribution in [0.25, 0.3) is 11.1 Å². The topological polar surface area (TPSA) is 99.8 Å². The number of guanidine groups is 1. The molecule has 0 fully saturated rings. The predicted octanol–water partition coefficient (Wildman–Crippen LogP) is 4.05. The molecular weight excluding hydrogens is 462 g/mol. The molecule has 0 aromatic heterocycles. The van der Waals surface area contributed by atoms with E-state index >= 15 is 0 Å². The van der Waals surface area contributed by atoms with Crippen molar-refractivity contribution in [2.24, 2.45) is 10.7 Å². The highest BCUT2D eigenvalue weighted by Gasteiger charge is 2.43. The highest BCUT2D eigenvalue weighted by atomic mass is 35.5. The van der Waals surface area contributed by atoms with Crippen LogP contribution in [0.3, 0.4) is 0 Å². The molecule has 1 atom stereocenters. The van der Waals surface area contributed by atoms with Crippen LogP contribution in [0.15, 0.2) is 77.8 Å². The van der Waals surface area contributed by atoms with E-state index in [0.29, 0.717) is 18.1 Å². The van der Waals surface area contributed by atoms with Gasteiger partial charge in [0.05, 0.1) is 0 Å². The van der Waals surface area contributed by atoms with Gasteiger partial charge in [0, 0.05) is 25.2 Å². The van der Waals surface area contributed by atoms with Crippen LogP contribution in [0.2, 0.25) is 5.02 Å². The van der Waals surface area contributed by atoms with Gasteiger partial charge in [0.2, 0.25) is 0 Å². The van der Waals surface area contributed by atoms with Gasteiger partial charge in [-0.3, -0.25) is 9.69 Å². The minimum absolute atomic E-state index is 0.188. The molecule has 4 rings (SSSR count). The number of urea groups is 1. The van der Waals surface area contributed by atoms with Gasteiger partial charge >= 0.3 is 6.03 Å². The maximum Gasteiger partial charge on any atom is 0.315 e. The summed E-state index contributed by atoms with van der Waals surface area (Å²) in [6.07, 6.45) is 0.757. The second-order valence-corrected chi connectivity index (χ2v) is 9.07. The van der Waals surface area contributed by atoms with Crippen molar-refractivity contribution in [1.82, 2.24) is 15.5 Å². The normalized spacial score (nSPS) is 17.3. The number of rotatable bonds is 7. The predicted molar refractivity (Wildman–Crippen MR) is 139 cm³/mol. The third kappa shape index (κ3) is 5.30. The molecule has 3 amide bonds. The standard InChI is InChI=1S/C27H28ClN5O2/c1-27(24(34)33(2)25(29)32-27)21-10-6-9-19(15-21)23-16-22(28)12-11-20(23)17-31-26(35)30-14-13-18-7-4-3-5-8-18/h3-12,15-16H,13-14,17H2,1-2H3,(H2,29,32)(H2,30,31,35). The number of halogens is 1. The third-order valence-corrected chi connectivity index (χ3v) is 6.43. The van der Waals surface area contributed by atoms with Crippen LogP contribution in [0.1, 0.15) is 23.6 Å². The number of nitrogens with two attached hydrogens (primary N) is 1. The molecule has 4 N–H and O–H groups in total. The summed E-state index contributed by atoms with van der Waals surface area (Å²) in [5.74, 6) is 0.00105. The Balaban J connectivity index is 1.49. The molecule has 35 heavy (non-hydrogen) atoms. The highest BCUT2D eigenvalue weighted by Crippen LogP contribution is 2.35. The lowest BCUT2D eigenvalue weighted by molar-refractivity contribution is -0.130. The van der Waals surface area contributed by atoms with Crippen LogP contribution in [0.5, 0.6) is 0 Å². The summed E-state index contributed by atoms with van der Waals surface area (Å²) in [7, 11) is 1.61. The van der Waals surface area contributed by atoms with Crippen molar-refractivity contribution in [3.63, 3.8) is 0 Å². The van der Waals surface area contributed by atoms with Gasteiger partial charge in [0.15, 0.2) is 11.5 Å². The van der Waals surface area contributed by atoms with Crippen molar-refractivity contribution in [1.29, 1.82) is 0 Å². The van der Waals surface area contributed by atoms with E-state index in [1.54, 1.807) is 20.0 Å². The lowest BCUT2D eigenvalue weighted by Gasteiger charge is -2.21. The van der Waals surface area contributed by atoms with Crippen LogP contribution < -0.4 is 16.4 Å². The molecule has 8 heteroatoms. The molecule has 1 aliphatic heterocycles. The van der Waals surface area contributed by atoms with E-state index in [1.165, 1.54) is 10.5 Å². The minimum atomic E-state index is -1.09. The van der Waals surface area contributed by atoms with Crippen LogP contribution >= 0.6 is 11.6 Å². The quantitative estimate of drug-likeness (QED) is 0.466. The maximum atomic E-state index is 12.8. The Morgan fingerprint density at radius 2 is 1.83 bits per heavy atom. The summed E-state index contributed by atoms with van der Waals surface area (Å²) in [5.41, 5.74) is 9.33. The van der Waals surface area contributed by atoms with Crippen molar-refractivity contribution >= 4 is 29.5 Å². The molecule has 3 aromatic rings. The molecule has 1 heterocycles. The number of benzene rings is 3. The van der Waals surface area contributed by atoms with E-state index in [-0.39, 0.29) is 17.9 Å². The van der Waals surface area contributed by atoms with Crippen molar-refractivity contribution in [2.75, 3.05) is 13.6 Å². The zero-order chi connectivity index (χ0) is 25.0. The molecule has 1 aliphatic rings. The van der Waals surface area contributed by atoms with Gasteiger partial charge in [-0.1, -0.05) is 66.2 Å². The largest absolute Gasteiger partial charge is 0.369 e. The average molecular weight is 490 g/mol. The number of amides is 3. The SMILES string of the molecule is CN1C(=O)C(C)(c2cccc(-c3cc(Cl)ccc3CNC(=O)NCCc3ccccc3)c2)N=C1N. The van der Waals surface area contributed by atoms with Gasteiger partial charge in [-0.2, -0.15) is 0 Å². The Morgan fingerprint density at radius 1 is 1.06 bits per heavy atom. The van der Waals surface area contributed by atoms with Crippen LogP contribution in [0, 0.1) is 0 Å². The fourth-order valence-electron chi connectivity index (χ4n) is 4.13. The molecular formula is C27H28ClN5O2. The first-order valence-corrected chi connectivity index (χ1v) is 11.7. The number of likely N-dealkylation sites (N-methyl/N-ethyl adjacent to an activating group) is 1. The summed E-state index contributed by atoms with van der Waals surface area (Å²) >= 11 is 6.31. The first-order valence-electron chi connectivity index (χ1n) is 11.4.